The monoisotopic (exact) mass is 280 g/mol. The van der Waals surface area contributed by atoms with Crippen LogP contribution in [-0.4, -0.2) is 53.1 Å². The van der Waals surface area contributed by atoms with E-state index < -0.39 is 0 Å². The van der Waals surface area contributed by atoms with Crippen molar-refractivity contribution in [1.82, 2.24) is 9.80 Å². The predicted octanol–water partition coefficient (Wildman–Crippen LogP) is 1.21. The molecule has 0 saturated carbocycles. The third-order valence-electron chi connectivity index (χ3n) is 4.20. The smallest absolute Gasteiger partial charge is 0.245 e. The Kier molecular flexibility index (Phi) is 4.78. The lowest BCUT2D eigenvalue weighted by molar-refractivity contribution is -0.150. The number of carbonyl (C=O) groups is 3. The normalized spacial score (nSPS) is 24.1. The van der Waals surface area contributed by atoms with E-state index in [1.54, 1.807) is 9.80 Å². The molecule has 0 aromatic carbocycles. The summed E-state index contributed by atoms with van der Waals surface area (Å²) >= 11 is 0. The molecule has 2 aliphatic heterocycles. The van der Waals surface area contributed by atoms with Crippen LogP contribution in [-0.2, 0) is 14.4 Å². The first-order chi connectivity index (χ1) is 9.50. The van der Waals surface area contributed by atoms with Gasteiger partial charge in [-0.25, -0.2) is 0 Å². The van der Waals surface area contributed by atoms with Crippen LogP contribution < -0.4 is 0 Å². The number of hydrogen-bond donors (Lipinski definition) is 0. The number of carbonyl (C=O) groups excluding carboxylic acids is 3. The van der Waals surface area contributed by atoms with Crippen LogP contribution in [0, 0.1) is 5.92 Å². The Bertz CT molecular complexity index is 396. The first kappa shape index (κ1) is 15.0. The van der Waals surface area contributed by atoms with Crippen molar-refractivity contribution in [1.29, 1.82) is 0 Å². The van der Waals surface area contributed by atoms with Gasteiger partial charge in [-0.1, -0.05) is 13.8 Å². The van der Waals surface area contributed by atoms with Crippen LogP contribution in [0.5, 0.6) is 0 Å². The molecule has 1 atom stereocenters. The van der Waals surface area contributed by atoms with Gasteiger partial charge in [-0.2, -0.15) is 0 Å². The van der Waals surface area contributed by atoms with E-state index in [9.17, 15) is 14.4 Å². The number of rotatable bonds is 2. The Morgan fingerprint density at radius 3 is 2.35 bits per heavy atom. The molecule has 2 saturated heterocycles. The third kappa shape index (κ3) is 3.19. The maximum atomic E-state index is 12.6. The van der Waals surface area contributed by atoms with Gasteiger partial charge in [0, 0.05) is 38.4 Å². The summed E-state index contributed by atoms with van der Waals surface area (Å²) < 4.78 is 0. The second kappa shape index (κ2) is 6.37. The van der Waals surface area contributed by atoms with Crippen molar-refractivity contribution in [3.63, 3.8) is 0 Å². The second-order valence-corrected chi connectivity index (χ2v) is 6.06. The van der Waals surface area contributed by atoms with Crippen LogP contribution >= 0.6 is 0 Å². The Hall–Kier alpha value is -1.39. The molecule has 112 valence electrons. The first-order valence-electron chi connectivity index (χ1n) is 7.61. The first-order valence-corrected chi connectivity index (χ1v) is 7.61. The van der Waals surface area contributed by atoms with Crippen LogP contribution in [0.15, 0.2) is 0 Å². The molecule has 0 aliphatic carbocycles. The fraction of sp³-hybridized carbons (Fsp3) is 0.800. The summed E-state index contributed by atoms with van der Waals surface area (Å²) in [4.78, 5) is 39.7. The highest BCUT2D eigenvalue weighted by molar-refractivity contribution is 5.90. The van der Waals surface area contributed by atoms with Gasteiger partial charge in [0.25, 0.3) is 0 Å². The predicted molar refractivity (Wildman–Crippen MR) is 75.0 cm³/mol. The van der Waals surface area contributed by atoms with Gasteiger partial charge in [-0.05, 0) is 19.3 Å². The van der Waals surface area contributed by atoms with E-state index in [0.29, 0.717) is 32.5 Å². The highest BCUT2D eigenvalue weighted by Gasteiger charge is 2.36. The van der Waals surface area contributed by atoms with E-state index in [1.165, 1.54) is 0 Å². The second-order valence-electron chi connectivity index (χ2n) is 6.06. The van der Waals surface area contributed by atoms with Gasteiger partial charge >= 0.3 is 0 Å². The lowest BCUT2D eigenvalue weighted by Crippen LogP contribution is -2.55. The van der Waals surface area contributed by atoms with Crippen molar-refractivity contribution in [3.05, 3.63) is 0 Å². The Balaban J connectivity index is 2.05. The number of hydrogen-bond acceptors (Lipinski definition) is 3. The average Bonchev–Trinajstić information content (AvgIpc) is 2.46. The highest BCUT2D eigenvalue weighted by atomic mass is 16.2. The molecule has 5 nitrogen and oxygen atoms in total. The molecule has 0 radical (unpaired) electrons. The third-order valence-corrected chi connectivity index (χ3v) is 4.20. The van der Waals surface area contributed by atoms with Gasteiger partial charge in [-0.15, -0.1) is 0 Å². The van der Waals surface area contributed by atoms with Crippen molar-refractivity contribution < 1.29 is 14.4 Å². The summed E-state index contributed by atoms with van der Waals surface area (Å²) in [6.07, 6.45) is 3.63. The fourth-order valence-electron chi connectivity index (χ4n) is 2.97. The Morgan fingerprint density at radius 2 is 1.75 bits per heavy atom. The molecule has 2 heterocycles. The summed E-state index contributed by atoms with van der Waals surface area (Å²) in [5.41, 5.74) is 0. The van der Waals surface area contributed by atoms with E-state index in [1.807, 2.05) is 13.8 Å². The van der Waals surface area contributed by atoms with E-state index >= 15 is 0 Å². The number of likely N-dealkylation sites (tertiary alicyclic amines) is 2. The molecule has 0 spiro atoms. The molecule has 0 N–H and O–H groups in total. The largest absolute Gasteiger partial charge is 0.340 e. The minimum absolute atomic E-state index is 0.0335. The Morgan fingerprint density at radius 1 is 1.10 bits per heavy atom. The van der Waals surface area contributed by atoms with Crippen LogP contribution in [0.25, 0.3) is 0 Å². The van der Waals surface area contributed by atoms with E-state index in [2.05, 4.69) is 0 Å². The van der Waals surface area contributed by atoms with Gasteiger partial charge in [0.15, 0.2) is 0 Å². The molecular weight excluding hydrogens is 256 g/mol. The van der Waals surface area contributed by atoms with Crippen LogP contribution in [0.4, 0.5) is 0 Å². The molecule has 0 bridgehead atoms. The zero-order chi connectivity index (χ0) is 14.7. The highest BCUT2D eigenvalue weighted by Crippen LogP contribution is 2.22. The van der Waals surface area contributed by atoms with Gasteiger partial charge in [-0.3, -0.25) is 14.4 Å². The zero-order valence-corrected chi connectivity index (χ0v) is 12.4. The molecule has 2 aliphatic rings. The molecule has 2 amide bonds. The van der Waals surface area contributed by atoms with Crippen molar-refractivity contribution >= 4 is 17.6 Å². The standard InChI is InChI=1S/C15H24N2O3/c1-11(2)14(19)17-8-4-3-5-13(17)15(20)16-9-6-12(18)7-10-16/h11,13H,3-10H2,1-2H3. The number of piperidine rings is 2. The van der Waals surface area contributed by atoms with Gasteiger partial charge in [0.2, 0.25) is 11.8 Å². The van der Waals surface area contributed by atoms with Crippen LogP contribution in [0.2, 0.25) is 0 Å². The zero-order valence-electron chi connectivity index (χ0n) is 12.4. The molecular formula is C15H24N2O3. The minimum atomic E-state index is -0.313. The molecule has 0 aromatic heterocycles. The van der Waals surface area contributed by atoms with Crippen molar-refractivity contribution in [2.75, 3.05) is 19.6 Å². The summed E-state index contributed by atoms with van der Waals surface area (Å²) in [7, 11) is 0. The number of Topliss-reactive ketones (excluding diaryl/α,β-unsaturated/α-hetero) is 1. The van der Waals surface area contributed by atoms with Gasteiger partial charge < -0.3 is 9.80 Å². The Labute approximate surface area is 120 Å². The molecule has 5 heteroatoms. The maximum Gasteiger partial charge on any atom is 0.245 e. The lowest BCUT2D eigenvalue weighted by Gasteiger charge is -2.39. The molecule has 0 aromatic rings. The fourth-order valence-corrected chi connectivity index (χ4v) is 2.97. The average molecular weight is 280 g/mol. The molecule has 1 unspecified atom stereocenters. The van der Waals surface area contributed by atoms with E-state index in [4.69, 9.17) is 0 Å². The summed E-state index contributed by atoms with van der Waals surface area (Å²) in [5.74, 6) is 0.251. The van der Waals surface area contributed by atoms with Crippen molar-refractivity contribution in [2.45, 2.75) is 52.0 Å². The summed E-state index contributed by atoms with van der Waals surface area (Å²) in [6.45, 7) is 5.45. The topological polar surface area (TPSA) is 57.7 Å². The lowest BCUT2D eigenvalue weighted by atomic mass is 9.98. The van der Waals surface area contributed by atoms with E-state index in [-0.39, 0.29) is 29.6 Å². The van der Waals surface area contributed by atoms with E-state index in [0.717, 1.165) is 19.3 Å². The van der Waals surface area contributed by atoms with Crippen LogP contribution in [0.1, 0.15) is 46.0 Å². The number of ketones is 1. The maximum absolute atomic E-state index is 12.6. The quantitative estimate of drug-likeness (QED) is 0.764. The number of nitrogens with zero attached hydrogens (tertiary/aromatic N) is 2. The summed E-state index contributed by atoms with van der Waals surface area (Å²) in [5, 5.41) is 0. The minimum Gasteiger partial charge on any atom is -0.340 e. The number of amides is 2. The van der Waals surface area contributed by atoms with Crippen LogP contribution in [0.3, 0.4) is 0 Å². The van der Waals surface area contributed by atoms with Gasteiger partial charge in [0.05, 0.1) is 0 Å². The molecule has 2 fully saturated rings. The van der Waals surface area contributed by atoms with Crippen molar-refractivity contribution in [3.8, 4) is 0 Å². The molecule has 2 rings (SSSR count). The molecule has 20 heavy (non-hydrogen) atoms. The SMILES string of the molecule is CC(C)C(=O)N1CCCCC1C(=O)N1CCC(=O)CC1. The summed E-state index contributed by atoms with van der Waals surface area (Å²) in [6, 6.07) is -0.313. The van der Waals surface area contributed by atoms with Gasteiger partial charge in [0.1, 0.15) is 11.8 Å². The van der Waals surface area contributed by atoms with Crippen molar-refractivity contribution in [2.24, 2.45) is 5.92 Å².